The zero-order valence-corrected chi connectivity index (χ0v) is 14.7. The van der Waals surface area contributed by atoms with E-state index in [1.54, 1.807) is 30.7 Å². The molecule has 4 aromatic rings. The van der Waals surface area contributed by atoms with Crippen LogP contribution < -0.4 is 4.90 Å². The maximum atomic E-state index is 13.9. The Kier molecular flexibility index (Phi) is 4.37. The van der Waals surface area contributed by atoms with Gasteiger partial charge in [0, 0.05) is 19.3 Å². The summed E-state index contributed by atoms with van der Waals surface area (Å²) in [6, 6.07) is 11.8. The Bertz CT molecular complexity index is 1030. The summed E-state index contributed by atoms with van der Waals surface area (Å²) in [4.78, 5) is 10.7. The standard InChI is InChI=1S/C19H16FN5O2/c1-12(16-9-10-26-23-16)25(2)17-8-7-13(11-21-17)19-22-18(24-27-19)14-5-3-4-6-15(14)20/h3-12H,1-2H3. The van der Waals surface area contributed by atoms with E-state index in [0.717, 1.165) is 11.5 Å². The molecule has 136 valence electrons. The Balaban J connectivity index is 1.55. The minimum atomic E-state index is -0.401. The molecule has 8 heteroatoms. The van der Waals surface area contributed by atoms with Gasteiger partial charge >= 0.3 is 0 Å². The third-order valence-electron chi connectivity index (χ3n) is 4.36. The van der Waals surface area contributed by atoms with Gasteiger partial charge in [-0.25, -0.2) is 9.37 Å². The average Bonchev–Trinajstić information content (AvgIpc) is 3.39. The average molecular weight is 365 g/mol. The monoisotopic (exact) mass is 365 g/mol. The second-order valence-electron chi connectivity index (χ2n) is 6.02. The highest BCUT2D eigenvalue weighted by molar-refractivity contribution is 5.60. The summed E-state index contributed by atoms with van der Waals surface area (Å²) in [7, 11) is 1.92. The summed E-state index contributed by atoms with van der Waals surface area (Å²) in [5, 5.41) is 7.82. The predicted octanol–water partition coefficient (Wildman–Crippen LogP) is 4.12. The SMILES string of the molecule is CC(c1ccon1)N(C)c1ccc(-c2nc(-c3ccccc3F)no2)cn1. The highest BCUT2D eigenvalue weighted by atomic mass is 19.1. The van der Waals surface area contributed by atoms with Crippen LogP contribution in [0.25, 0.3) is 22.8 Å². The van der Waals surface area contributed by atoms with Crippen molar-refractivity contribution in [2.45, 2.75) is 13.0 Å². The van der Waals surface area contributed by atoms with E-state index >= 15 is 0 Å². The molecule has 0 bridgehead atoms. The second-order valence-corrected chi connectivity index (χ2v) is 6.02. The van der Waals surface area contributed by atoms with Crippen molar-refractivity contribution in [1.29, 1.82) is 0 Å². The smallest absolute Gasteiger partial charge is 0.259 e. The Morgan fingerprint density at radius 2 is 1.93 bits per heavy atom. The van der Waals surface area contributed by atoms with Crippen molar-refractivity contribution in [3.63, 3.8) is 0 Å². The molecule has 0 radical (unpaired) electrons. The van der Waals surface area contributed by atoms with Crippen molar-refractivity contribution in [3.05, 3.63) is 66.4 Å². The van der Waals surface area contributed by atoms with Gasteiger partial charge in [0.05, 0.1) is 17.2 Å². The zero-order chi connectivity index (χ0) is 18.8. The summed E-state index contributed by atoms with van der Waals surface area (Å²) in [5.41, 5.74) is 1.75. The minimum Gasteiger partial charge on any atom is -0.364 e. The maximum absolute atomic E-state index is 13.9. The fourth-order valence-electron chi connectivity index (χ4n) is 2.65. The fourth-order valence-corrected chi connectivity index (χ4v) is 2.65. The number of benzene rings is 1. The van der Waals surface area contributed by atoms with E-state index in [1.165, 1.54) is 6.07 Å². The predicted molar refractivity (Wildman–Crippen MR) is 96.2 cm³/mol. The normalized spacial score (nSPS) is 12.1. The number of aromatic nitrogens is 4. The van der Waals surface area contributed by atoms with E-state index < -0.39 is 5.82 Å². The van der Waals surface area contributed by atoms with Crippen LogP contribution in [0.1, 0.15) is 18.7 Å². The van der Waals surface area contributed by atoms with Crippen LogP contribution in [0.3, 0.4) is 0 Å². The molecule has 0 saturated carbocycles. The number of halogens is 1. The molecule has 0 aliphatic rings. The first-order valence-electron chi connectivity index (χ1n) is 8.31. The summed E-state index contributed by atoms with van der Waals surface area (Å²) < 4.78 is 24.0. The van der Waals surface area contributed by atoms with Crippen LogP contribution in [-0.2, 0) is 0 Å². The molecule has 7 nitrogen and oxygen atoms in total. The minimum absolute atomic E-state index is 0.00170. The number of rotatable bonds is 5. The van der Waals surface area contributed by atoms with Crippen LogP contribution in [0, 0.1) is 5.82 Å². The molecule has 0 spiro atoms. The zero-order valence-electron chi connectivity index (χ0n) is 14.7. The molecule has 4 rings (SSSR count). The summed E-state index contributed by atoms with van der Waals surface area (Å²) in [6.45, 7) is 2.01. The van der Waals surface area contributed by atoms with E-state index in [2.05, 4.69) is 20.3 Å². The lowest BCUT2D eigenvalue weighted by atomic mass is 10.2. The van der Waals surface area contributed by atoms with Crippen molar-refractivity contribution < 1.29 is 13.4 Å². The summed E-state index contributed by atoms with van der Waals surface area (Å²) in [6.07, 6.45) is 3.18. The van der Waals surface area contributed by atoms with Crippen LogP contribution in [0.5, 0.6) is 0 Å². The number of hydrogen-bond acceptors (Lipinski definition) is 7. The lowest BCUT2D eigenvalue weighted by Crippen LogP contribution is -2.22. The lowest BCUT2D eigenvalue weighted by Gasteiger charge is -2.24. The van der Waals surface area contributed by atoms with Crippen LogP contribution in [-0.4, -0.2) is 27.3 Å². The molecule has 1 aromatic carbocycles. The Morgan fingerprint density at radius 3 is 2.63 bits per heavy atom. The molecule has 1 unspecified atom stereocenters. The van der Waals surface area contributed by atoms with Crippen molar-refractivity contribution in [2.75, 3.05) is 11.9 Å². The summed E-state index contributed by atoms with van der Waals surface area (Å²) >= 11 is 0. The van der Waals surface area contributed by atoms with Gasteiger partial charge in [-0.1, -0.05) is 22.4 Å². The third kappa shape index (κ3) is 3.29. The molecular weight excluding hydrogens is 349 g/mol. The number of pyridine rings is 1. The number of hydrogen-bond donors (Lipinski definition) is 0. The van der Waals surface area contributed by atoms with Crippen LogP contribution in [0.15, 0.2) is 64.0 Å². The first-order chi connectivity index (χ1) is 13.1. The number of nitrogens with zero attached hydrogens (tertiary/aromatic N) is 5. The van der Waals surface area contributed by atoms with Crippen molar-refractivity contribution in [1.82, 2.24) is 20.3 Å². The van der Waals surface area contributed by atoms with Crippen molar-refractivity contribution in [3.8, 4) is 22.8 Å². The van der Waals surface area contributed by atoms with E-state index in [9.17, 15) is 4.39 Å². The molecule has 0 saturated heterocycles. The van der Waals surface area contributed by atoms with E-state index in [-0.39, 0.29) is 17.8 Å². The fraction of sp³-hybridized carbons (Fsp3) is 0.158. The molecule has 0 N–H and O–H groups in total. The van der Waals surface area contributed by atoms with Crippen LogP contribution in [0.2, 0.25) is 0 Å². The van der Waals surface area contributed by atoms with Crippen LogP contribution >= 0.6 is 0 Å². The topological polar surface area (TPSA) is 81.1 Å². The van der Waals surface area contributed by atoms with Gasteiger partial charge in [0.2, 0.25) is 5.82 Å². The van der Waals surface area contributed by atoms with Gasteiger partial charge in [0.1, 0.15) is 23.6 Å². The van der Waals surface area contributed by atoms with Crippen LogP contribution in [0.4, 0.5) is 10.2 Å². The van der Waals surface area contributed by atoms with E-state index in [1.807, 2.05) is 37.1 Å². The van der Waals surface area contributed by atoms with Gasteiger partial charge in [-0.2, -0.15) is 4.98 Å². The van der Waals surface area contributed by atoms with Gasteiger partial charge in [-0.05, 0) is 31.2 Å². The van der Waals surface area contributed by atoms with Gasteiger partial charge in [-0.15, -0.1) is 0 Å². The van der Waals surface area contributed by atoms with Gasteiger partial charge in [0.15, 0.2) is 0 Å². The van der Waals surface area contributed by atoms with Crippen molar-refractivity contribution >= 4 is 5.82 Å². The highest BCUT2D eigenvalue weighted by Crippen LogP contribution is 2.26. The molecule has 0 aliphatic heterocycles. The highest BCUT2D eigenvalue weighted by Gasteiger charge is 2.17. The molecule has 3 heterocycles. The molecule has 3 aromatic heterocycles. The van der Waals surface area contributed by atoms with Crippen molar-refractivity contribution in [2.24, 2.45) is 0 Å². The molecule has 27 heavy (non-hydrogen) atoms. The van der Waals surface area contributed by atoms with E-state index in [0.29, 0.717) is 11.1 Å². The molecule has 0 aliphatic carbocycles. The summed E-state index contributed by atoms with van der Waals surface area (Å²) in [5.74, 6) is 0.827. The van der Waals surface area contributed by atoms with Gasteiger partial charge in [-0.3, -0.25) is 0 Å². The van der Waals surface area contributed by atoms with Gasteiger partial charge in [0.25, 0.3) is 5.89 Å². The second kappa shape index (κ2) is 6.99. The molecule has 1 atom stereocenters. The number of anilines is 1. The van der Waals surface area contributed by atoms with E-state index in [4.69, 9.17) is 9.05 Å². The largest absolute Gasteiger partial charge is 0.364 e. The quantitative estimate of drug-likeness (QED) is 0.526. The maximum Gasteiger partial charge on any atom is 0.259 e. The first kappa shape index (κ1) is 16.9. The Morgan fingerprint density at radius 1 is 1.07 bits per heavy atom. The van der Waals surface area contributed by atoms with Gasteiger partial charge < -0.3 is 13.9 Å². The molecule has 0 amide bonds. The Labute approximate surface area is 154 Å². The molecular formula is C19H16FN5O2. The first-order valence-corrected chi connectivity index (χ1v) is 8.31. The Hall–Kier alpha value is -3.55. The third-order valence-corrected chi connectivity index (χ3v) is 4.36. The molecule has 0 fully saturated rings. The lowest BCUT2D eigenvalue weighted by molar-refractivity contribution is 0.406.